The molecule has 3 nitrogen and oxygen atoms in total. The molecule has 0 spiro atoms. The molecule has 0 radical (unpaired) electrons. The third-order valence-corrected chi connectivity index (χ3v) is 5.26. The molecule has 0 aliphatic carbocycles. The van der Waals surface area contributed by atoms with Crippen LogP contribution in [0.25, 0.3) is 21.8 Å². The molecule has 0 aliphatic rings. The molecule has 0 atom stereocenters. The van der Waals surface area contributed by atoms with Crippen molar-refractivity contribution in [3.8, 4) is 0 Å². The molecule has 0 unspecified atom stereocenters. The molecular formula is C21H27N3. The third kappa shape index (κ3) is 2.29. The van der Waals surface area contributed by atoms with Crippen LogP contribution in [0.4, 0.5) is 0 Å². The molecule has 0 aliphatic heterocycles. The molecule has 0 saturated carbocycles. The number of hydrogen-bond donors (Lipinski definition) is 0. The van der Waals surface area contributed by atoms with Gasteiger partial charge in [-0.2, -0.15) is 0 Å². The van der Waals surface area contributed by atoms with E-state index in [1.807, 2.05) is 6.92 Å². The molecule has 3 rings (SSSR count). The van der Waals surface area contributed by atoms with Crippen LogP contribution < -0.4 is 0 Å². The molecule has 0 saturated heterocycles. The van der Waals surface area contributed by atoms with Crippen LogP contribution >= 0.6 is 0 Å². The Balaban J connectivity index is 2.70. The Bertz CT molecular complexity index is 992. The Kier molecular flexibility index (Phi) is 3.67. The van der Waals surface area contributed by atoms with Crippen molar-refractivity contribution in [1.29, 1.82) is 0 Å². The van der Waals surface area contributed by atoms with Crippen LogP contribution in [0.5, 0.6) is 0 Å². The van der Waals surface area contributed by atoms with Gasteiger partial charge in [0.15, 0.2) is 0 Å². The molecular weight excluding hydrogens is 294 g/mol. The fraction of sp³-hybridized carbons (Fsp3) is 0.476. The van der Waals surface area contributed by atoms with Gasteiger partial charge in [0, 0.05) is 21.9 Å². The molecule has 126 valence electrons. The lowest BCUT2D eigenvalue weighted by molar-refractivity contribution is 0.571. The number of nitrogens with zero attached hydrogens (tertiary/aromatic N) is 3. The summed E-state index contributed by atoms with van der Waals surface area (Å²) in [4.78, 5) is 14.6. The third-order valence-electron chi connectivity index (χ3n) is 5.26. The SMILES string of the molecule is Cc1nc(C(C)(C)C)c2c(C)c(C)c3c(C)c(C)c(C)nc3c2n1. The van der Waals surface area contributed by atoms with Gasteiger partial charge in [0.1, 0.15) is 11.3 Å². The number of rotatable bonds is 0. The minimum Gasteiger partial charge on any atom is -0.251 e. The molecule has 0 N–H and O–H groups in total. The second-order valence-corrected chi connectivity index (χ2v) is 8.01. The van der Waals surface area contributed by atoms with Crippen LogP contribution in [0.1, 0.15) is 60.2 Å². The van der Waals surface area contributed by atoms with Gasteiger partial charge in [0.25, 0.3) is 0 Å². The molecule has 2 heterocycles. The van der Waals surface area contributed by atoms with E-state index in [1.54, 1.807) is 0 Å². The first-order chi connectivity index (χ1) is 11.0. The molecule has 24 heavy (non-hydrogen) atoms. The van der Waals surface area contributed by atoms with E-state index in [4.69, 9.17) is 15.0 Å². The van der Waals surface area contributed by atoms with Gasteiger partial charge >= 0.3 is 0 Å². The van der Waals surface area contributed by atoms with Crippen molar-refractivity contribution in [2.45, 2.75) is 67.7 Å². The average Bonchev–Trinajstić information content (AvgIpc) is 2.48. The van der Waals surface area contributed by atoms with Crippen molar-refractivity contribution in [3.63, 3.8) is 0 Å². The van der Waals surface area contributed by atoms with Crippen molar-refractivity contribution in [1.82, 2.24) is 15.0 Å². The lowest BCUT2D eigenvalue weighted by Crippen LogP contribution is -2.17. The van der Waals surface area contributed by atoms with E-state index in [2.05, 4.69) is 55.4 Å². The van der Waals surface area contributed by atoms with Gasteiger partial charge in [0.2, 0.25) is 0 Å². The summed E-state index contributed by atoms with van der Waals surface area (Å²) in [5, 5.41) is 2.43. The summed E-state index contributed by atoms with van der Waals surface area (Å²) in [6.07, 6.45) is 0. The monoisotopic (exact) mass is 321 g/mol. The van der Waals surface area contributed by atoms with E-state index in [0.29, 0.717) is 0 Å². The zero-order valence-corrected chi connectivity index (χ0v) is 16.3. The number of benzene rings is 1. The highest BCUT2D eigenvalue weighted by atomic mass is 14.9. The smallest absolute Gasteiger partial charge is 0.126 e. The first kappa shape index (κ1) is 16.8. The Hall–Kier alpha value is -2.03. The molecule has 1 aromatic carbocycles. The van der Waals surface area contributed by atoms with Crippen molar-refractivity contribution in [3.05, 3.63) is 39.5 Å². The Morgan fingerprint density at radius 1 is 0.583 bits per heavy atom. The Morgan fingerprint density at radius 2 is 1.08 bits per heavy atom. The number of aryl methyl sites for hydroxylation is 5. The lowest BCUT2D eigenvalue weighted by Gasteiger charge is -2.23. The number of pyridine rings is 1. The predicted molar refractivity (Wildman–Crippen MR) is 102 cm³/mol. The first-order valence-corrected chi connectivity index (χ1v) is 8.59. The Labute approximate surface area is 144 Å². The highest BCUT2D eigenvalue weighted by molar-refractivity contribution is 6.08. The molecule has 2 aromatic heterocycles. The zero-order chi connectivity index (χ0) is 18.0. The maximum Gasteiger partial charge on any atom is 0.126 e. The summed E-state index contributed by atoms with van der Waals surface area (Å²) in [5.74, 6) is 0.814. The van der Waals surface area contributed by atoms with Crippen LogP contribution in [0.3, 0.4) is 0 Å². The summed E-state index contributed by atoms with van der Waals surface area (Å²) in [5.41, 5.74) is 9.33. The summed E-state index contributed by atoms with van der Waals surface area (Å²) in [7, 11) is 0. The average molecular weight is 321 g/mol. The fourth-order valence-corrected chi connectivity index (χ4v) is 3.59. The zero-order valence-electron chi connectivity index (χ0n) is 16.3. The quantitative estimate of drug-likeness (QED) is 0.526. The van der Waals surface area contributed by atoms with E-state index in [1.165, 1.54) is 33.0 Å². The van der Waals surface area contributed by atoms with Crippen molar-refractivity contribution in [2.24, 2.45) is 0 Å². The number of aromatic nitrogens is 3. The summed E-state index contributed by atoms with van der Waals surface area (Å²) < 4.78 is 0. The Morgan fingerprint density at radius 3 is 1.67 bits per heavy atom. The van der Waals surface area contributed by atoms with Crippen molar-refractivity contribution in [2.75, 3.05) is 0 Å². The van der Waals surface area contributed by atoms with Crippen LogP contribution in [-0.4, -0.2) is 15.0 Å². The molecule has 3 heteroatoms. The fourth-order valence-electron chi connectivity index (χ4n) is 3.59. The molecule has 0 amide bonds. The van der Waals surface area contributed by atoms with Crippen LogP contribution in [-0.2, 0) is 5.41 Å². The van der Waals surface area contributed by atoms with Crippen LogP contribution in [0.2, 0.25) is 0 Å². The second-order valence-electron chi connectivity index (χ2n) is 8.01. The standard InChI is InChI=1S/C21H27N3/c1-10-11(2)16-12(3)13(4)17-19(18(16)22-14(10)5)23-15(6)24-20(17)21(7,8)9/h1-9H3. The van der Waals surface area contributed by atoms with Gasteiger partial charge in [-0.15, -0.1) is 0 Å². The lowest BCUT2D eigenvalue weighted by atomic mass is 9.85. The van der Waals surface area contributed by atoms with E-state index >= 15 is 0 Å². The minimum absolute atomic E-state index is 0.0361. The van der Waals surface area contributed by atoms with Gasteiger partial charge in [-0.25, -0.2) is 9.97 Å². The first-order valence-electron chi connectivity index (χ1n) is 8.59. The van der Waals surface area contributed by atoms with Crippen LogP contribution in [0.15, 0.2) is 0 Å². The summed E-state index contributed by atoms with van der Waals surface area (Å²) >= 11 is 0. The highest BCUT2D eigenvalue weighted by Crippen LogP contribution is 2.37. The molecule has 0 bridgehead atoms. The van der Waals surface area contributed by atoms with Gasteiger partial charge in [-0.3, -0.25) is 4.98 Å². The highest BCUT2D eigenvalue weighted by Gasteiger charge is 2.24. The minimum atomic E-state index is -0.0361. The predicted octanol–water partition coefficient (Wildman–Crippen LogP) is 5.33. The number of fused-ring (bicyclic) bond motifs is 3. The van der Waals surface area contributed by atoms with E-state index in [0.717, 1.165) is 28.2 Å². The largest absolute Gasteiger partial charge is 0.251 e. The second kappa shape index (κ2) is 5.23. The van der Waals surface area contributed by atoms with Crippen molar-refractivity contribution < 1.29 is 0 Å². The van der Waals surface area contributed by atoms with Gasteiger partial charge in [-0.1, -0.05) is 20.8 Å². The normalized spacial score (nSPS) is 12.4. The maximum absolute atomic E-state index is 4.94. The van der Waals surface area contributed by atoms with E-state index < -0.39 is 0 Å². The maximum atomic E-state index is 4.94. The summed E-state index contributed by atoms with van der Waals surface area (Å²) in [6, 6.07) is 0. The van der Waals surface area contributed by atoms with Crippen molar-refractivity contribution >= 4 is 21.8 Å². The van der Waals surface area contributed by atoms with E-state index in [9.17, 15) is 0 Å². The topological polar surface area (TPSA) is 38.7 Å². The van der Waals surface area contributed by atoms with Gasteiger partial charge in [-0.05, 0) is 63.8 Å². The molecule has 0 fully saturated rings. The van der Waals surface area contributed by atoms with Gasteiger partial charge < -0.3 is 0 Å². The number of hydrogen-bond acceptors (Lipinski definition) is 3. The molecule has 3 aromatic rings. The van der Waals surface area contributed by atoms with E-state index in [-0.39, 0.29) is 5.41 Å². The van der Waals surface area contributed by atoms with Gasteiger partial charge in [0.05, 0.1) is 11.2 Å². The van der Waals surface area contributed by atoms with Crippen LogP contribution in [0, 0.1) is 41.5 Å². The summed E-state index contributed by atoms with van der Waals surface area (Å²) in [6.45, 7) is 19.5.